The zero-order valence-corrected chi connectivity index (χ0v) is 37.0. The number of hydrogen-bond donors (Lipinski definition) is 0. The molecule has 0 aliphatic heterocycles. The van der Waals surface area contributed by atoms with Crippen LogP contribution in [0.2, 0.25) is 0 Å². The van der Waals surface area contributed by atoms with Crippen molar-refractivity contribution in [2.24, 2.45) is 0 Å². The van der Waals surface area contributed by atoms with Gasteiger partial charge in [-0.1, -0.05) is 193 Å². The van der Waals surface area contributed by atoms with Crippen LogP contribution in [0.5, 0.6) is 0 Å². The van der Waals surface area contributed by atoms with Crippen molar-refractivity contribution in [3.8, 4) is 55.6 Å². The summed E-state index contributed by atoms with van der Waals surface area (Å²) in [6.45, 7) is 13.6. The van der Waals surface area contributed by atoms with Gasteiger partial charge < -0.3 is 4.90 Å². The van der Waals surface area contributed by atoms with Gasteiger partial charge in [0.1, 0.15) is 0 Å². The Kier molecular flexibility index (Phi) is 9.03. The first-order valence-electron chi connectivity index (χ1n) is 22.3. The third kappa shape index (κ3) is 6.54. The average molecular weight is 810 g/mol. The Balaban J connectivity index is 1.10. The van der Waals surface area contributed by atoms with Crippen LogP contribution in [0.1, 0.15) is 52.7 Å². The number of anilines is 3. The smallest absolute Gasteiger partial charge is 0.0462 e. The van der Waals surface area contributed by atoms with E-state index in [1.807, 2.05) is 0 Å². The van der Waals surface area contributed by atoms with Crippen molar-refractivity contribution in [1.82, 2.24) is 0 Å². The van der Waals surface area contributed by atoms with E-state index >= 15 is 0 Å². The minimum Gasteiger partial charge on any atom is -0.311 e. The molecule has 0 heterocycles. The molecule has 1 aliphatic rings. The molecule has 1 heteroatoms. The van der Waals surface area contributed by atoms with Gasteiger partial charge in [-0.25, -0.2) is 0 Å². The number of fused-ring (bicyclic) bond motifs is 5. The summed E-state index contributed by atoms with van der Waals surface area (Å²) in [6.07, 6.45) is 0. The van der Waals surface area contributed by atoms with E-state index in [0.29, 0.717) is 0 Å². The first-order valence-corrected chi connectivity index (χ1v) is 22.3. The van der Waals surface area contributed by atoms with E-state index in [1.165, 1.54) is 99.1 Å². The summed E-state index contributed by atoms with van der Waals surface area (Å²) >= 11 is 0. The third-order valence-electron chi connectivity index (χ3n) is 13.3. The molecule has 0 atom stereocenters. The highest BCUT2D eigenvalue weighted by atomic mass is 15.1. The third-order valence-corrected chi connectivity index (χ3v) is 13.3. The Hall–Kier alpha value is -7.22. The first-order chi connectivity index (χ1) is 30.5. The Morgan fingerprint density at radius 2 is 0.714 bits per heavy atom. The van der Waals surface area contributed by atoms with Gasteiger partial charge in [-0.2, -0.15) is 0 Å². The van der Waals surface area contributed by atoms with Gasteiger partial charge in [0, 0.05) is 17.1 Å². The van der Waals surface area contributed by atoms with Crippen LogP contribution >= 0.6 is 0 Å². The van der Waals surface area contributed by atoms with Crippen LogP contribution < -0.4 is 4.90 Å². The molecule has 0 saturated heterocycles. The molecule has 0 amide bonds. The maximum atomic E-state index is 2.43. The SMILES string of the molecule is CC(C)(C)c1ccc(N(c2ccc(-c3ccc4c5c(cccc35)-c3c-4c(-c4ccccc4)c4cc5ccccc5cc4c3-c3ccccc3)cc2)c2ccc(C(C)(C)C)cc2)cc1. The van der Waals surface area contributed by atoms with Crippen LogP contribution in [0.4, 0.5) is 17.1 Å². The number of rotatable bonds is 6. The van der Waals surface area contributed by atoms with Gasteiger partial charge in [-0.3, -0.25) is 0 Å². The second kappa shape index (κ2) is 14.7. The quantitative estimate of drug-likeness (QED) is 0.151. The fourth-order valence-electron chi connectivity index (χ4n) is 10.1. The molecule has 0 radical (unpaired) electrons. The lowest BCUT2D eigenvalue weighted by atomic mass is 9.82. The molecule has 1 aliphatic carbocycles. The summed E-state index contributed by atoms with van der Waals surface area (Å²) < 4.78 is 0. The van der Waals surface area contributed by atoms with Crippen molar-refractivity contribution in [3.05, 3.63) is 211 Å². The van der Waals surface area contributed by atoms with Crippen LogP contribution in [0.15, 0.2) is 200 Å². The molecular formula is C62H51N. The number of nitrogens with zero attached hydrogens (tertiary/aromatic N) is 1. The van der Waals surface area contributed by atoms with E-state index in [1.54, 1.807) is 0 Å². The summed E-state index contributed by atoms with van der Waals surface area (Å²) in [4.78, 5) is 2.39. The minimum absolute atomic E-state index is 0.0781. The molecule has 0 spiro atoms. The Labute approximate surface area is 371 Å². The van der Waals surface area contributed by atoms with E-state index in [9.17, 15) is 0 Å². The molecular weight excluding hydrogens is 759 g/mol. The fourth-order valence-corrected chi connectivity index (χ4v) is 10.1. The molecule has 0 N–H and O–H groups in total. The molecule has 0 aromatic heterocycles. The maximum absolute atomic E-state index is 2.43. The van der Waals surface area contributed by atoms with Gasteiger partial charge in [0.15, 0.2) is 0 Å². The van der Waals surface area contributed by atoms with E-state index in [2.05, 4.69) is 247 Å². The van der Waals surface area contributed by atoms with Gasteiger partial charge >= 0.3 is 0 Å². The van der Waals surface area contributed by atoms with Gasteiger partial charge in [-0.15, -0.1) is 0 Å². The van der Waals surface area contributed by atoms with E-state index in [4.69, 9.17) is 0 Å². The molecule has 10 aromatic rings. The van der Waals surface area contributed by atoms with Gasteiger partial charge in [0.25, 0.3) is 0 Å². The molecule has 10 aromatic carbocycles. The van der Waals surface area contributed by atoms with Crippen molar-refractivity contribution >= 4 is 49.4 Å². The summed E-state index contributed by atoms with van der Waals surface area (Å²) in [5.74, 6) is 0. The predicted octanol–water partition coefficient (Wildman–Crippen LogP) is 17.9. The van der Waals surface area contributed by atoms with Crippen molar-refractivity contribution in [2.45, 2.75) is 52.4 Å². The zero-order valence-electron chi connectivity index (χ0n) is 37.0. The van der Waals surface area contributed by atoms with Crippen LogP contribution in [0.25, 0.3) is 88.0 Å². The normalized spacial score (nSPS) is 12.3. The van der Waals surface area contributed by atoms with Crippen LogP contribution in [0.3, 0.4) is 0 Å². The minimum atomic E-state index is 0.0781. The summed E-state index contributed by atoms with van der Waals surface area (Å²) in [7, 11) is 0. The van der Waals surface area contributed by atoms with Crippen LogP contribution in [0, 0.1) is 0 Å². The van der Waals surface area contributed by atoms with Crippen molar-refractivity contribution in [3.63, 3.8) is 0 Å². The van der Waals surface area contributed by atoms with E-state index < -0.39 is 0 Å². The Morgan fingerprint density at radius 3 is 1.17 bits per heavy atom. The summed E-state index contributed by atoms with van der Waals surface area (Å²) in [6, 6.07) is 74.8. The van der Waals surface area contributed by atoms with Crippen LogP contribution in [-0.2, 0) is 10.8 Å². The predicted molar refractivity (Wildman–Crippen MR) is 272 cm³/mol. The molecule has 0 saturated carbocycles. The monoisotopic (exact) mass is 809 g/mol. The second-order valence-electron chi connectivity index (χ2n) is 19.3. The van der Waals surface area contributed by atoms with Crippen molar-refractivity contribution in [2.75, 3.05) is 4.90 Å². The van der Waals surface area contributed by atoms with Gasteiger partial charge in [0.05, 0.1) is 0 Å². The summed E-state index contributed by atoms with van der Waals surface area (Å²) in [5.41, 5.74) is 19.0. The highest BCUT2D eigenvalue weighted by Crippen LogP contribution is 2.59. The average Bonchev–Trinajstić information content (AvgIpc) is 3.63. The van der Waals surface area contributed by atoms with E-state index in [0.717, 1.165) is 17.1 Å². The molecule has 0 fully saturated rings. The standard InChI is InChI=1S/C62H51N/c1-61(2,3)45-26-32-48(33-27-45)63(49-34-28-46(29-35-49)62(4,5)6)47-30-24-40(25-31-47)50-36-37-53-58-51(50)22-15-23-52(58)59-56(41-16-9-7-10-17-41)54-38-43-20-13-14-21-44(43)39-55(54)57(60(53)59)42-18-11-8-12-19-42/h7-39H,1-6H3. The van der Waals surface area contributed by atoms with E-state index in [-0.39, 0.29) is 10.8 Å². The molecule has 11 rings (SSSR count). The molecule has 304 valence electrons. The lowest BCUT2D eigenvalue weighted by molar-refractivity contribution is 0.590. The lowest BCUT2D eigenvalue weighted by Crippen LogP contribution is -2.14. The highest BCUT2D eigenvalue weighted by Gasteiger charge is 2.31. The summed E-state index contributed by atoms with van der Waals surface area (Å²) in [5, 5.41) is 7.66. The largest absolute Gasteiger partial charge is 0.311 e. The van der Waals surface area contributed by atoms with Gasteiger partial charge in [-0.05, 0) is 158 Å². The van der Waals surface area contributed by atoms with Crippen molar-refractivity contribution in [1.29, 1.82) is 0 Å². The Bertz CT molecular complexity index is 3180. The van der Waals surface area contributed by atoms with Crippen molar-refractivity contribution < 1.29 is 0 Å². The highest BCUT2D eigenvalue weighted by molar-refractivity contribution is 6.29. The molecule has 0 unspecified atom stereocenters. The van der Waals surface area contributed by atoms with Crippen LogP contribution in [-0.4, -0.2) is 0 Å². The fraction of sp³-hybridized carbons (Fsp3) is 0.129. The number of hydrogen-bond acceptors (Lipinski definition) is 1. The first kappa shape index (κ1) is 38.7. The lowest BCUT2D eigenvalue weighted by Gasteiger charge is -2.28. The number of benzene rings is 10. The van der Waals surface area contributed by atoms with Gasteiger partial charge in [0.2, 0.25) is 0 Å². The second-order valence-corrected chi connectivity index (χ2v) is 19.3. The maximum Gasteiger partial charge on any atom is 0.0462 e. The zero-order chi connectivity index (χ0) is 43.0. The Morgan fingerprint density at radius 1 is 0.302 bits per heavy atom. The molecule has 0 bridgehead atoms. The topological polar surface area (TPSA) is 3.24 Å². The molecule has 63 heavy (non-hydrogen) atoms. The molecule has 1 nitrogen and oxygen atoms in total.